The molecule has 0 atom stereocenters. The molecule has 0 aliphatic heterocycles. The van der Waals surface area contributed by atoms with E-state index in [-0.39, 0.29) is 0 Å². The van der Waals surface area contributed by atoms with E-state index in [0.717, 1.165) is 34.4 Å². The molecule has 0 fully saturated rings. The van der Waals surface area contributed by atoms with Gasteiger partial charge < -0.3 is 15.2 Å². The zero-order chi connectivity index (χ0) is 11.3. The molecule has 0 radical (unpaired) electrons. The molecule has 0 spiro atoms. The number of hydrogen-bond donors (Lipinski definition) is 1. The topological polar surface area (TPSA) is 44.5 Å². The van der Waals surface area contributed by atoms with Gasteiger partial charge in [-0.2, -0.15) is 0 Å². The van der Waals surface area contributed by atoms with Crippen LogP contribution >= 0.6 is 15.9 Å². The maximum absolute atomic E-state index is 5.49. The van der Waals surface area contributed by atoms with Crippen LogP contribution in [0.1, 0.15) is 12.0 Å². The van der Waals surface area contributed by atoms with Gasteiger partial charge >= 0.3 is 0 Å². The molecule has 1 rings (SSSR count). The van der Waals surface area contributed by atoms with Crippen LogP contribution in [0.15, 0.2) is 16.6 Å². The summed E-state index contributed by atoms with van der Waals surface area (Å²) in [6, 6.07) is 3.91. The zero-order valence-corrected chi connectivity index (χ0v) is 10.6. The minimum Gasteiger partial charge on any atom is -0.496 e. The summed E-state index contributed by atoms with van der Waals surface area (Å²) in [5.74, 6) is 1.69. The van der Waals surface area contributed by atoms with Gasteiger partial charge in [-0.05, 0) is 53.0 Å². The molecule has 4 heteroatoms. The van der Waals surface area contributed by atoms with Crippen LogP contribution in [0.5, 0.6) is 11.5 Å². The summed E-state index contributed by atoms with van der Waals surface area (Å²) >= 11 is 3.42. The maximum Gasteiger partial charge on any atom is 0.133 e. The highest BCUT2D eigenvalue weighted by molar-refractivity contribution is 9.10. The summed E-state index contributed by atoms with van der Waals surface area (Å²) in [6.07, 6.45) is 1.85. The highest BCUT2D eigenvalue weighted by Gasteiger charge is 2.08. The van der Waals surface area contributed by atoms with Crippen LogP contribution in [-0.4, -0.2) is 20.8 Å². The van der Waals surface area contributed by atoms with E-state index in [1.807, 2.05) is 12.1 Å². The smallest absolute Gasteiger partial charge is 0.133 e. The number of halogens is 1. The lowest BCUT2D eigenvalue weighted by Gasteiger charge is -2.11. The minimum atomic E-state index is 0.682. The average Bonchev–Trinajstić information content (AvgIpc) is 2.26. The third-order valence-electron chi connectivity index (χ3n) is 2.21. The van der Waals surface area contributed by atoms with E-state index in [9.17, 15) is 0 Å². The maximum atomic E-state index is 5.49. The Morgan fingerprint density at radius 3 is 2.40 bits per heavy atom. The number of aryl methyl sites for hydroxylation is 1. The number of hydrogen-bond acceptors (Lipinski definition) is 3. The van der Waals surface area contributed by atoms with E-state index >= 15 is 0 Å². The first kappa shape index (κ1) is 12.3. The molecule has 0 aromatic heterocycles. The second kappa shape index (κ2) is 5.98. The Bertz CT molecular complexity index is 329. The van der Waals surface area contributed by atoms with Gasteiger partial charge in [0.25, 0.3) is 0 Å². The first-order valence-corrected chi connectivity index (χ1v) is 5.62. The molecule has 0 bridgehead atoms. The van der Waals surface area contributed by atoms with Crippen molar-refractivity contribution in [3.8, 4) is 11.5 Å². The van der Waals surface area contributed by atoms with Gasteiger partial charge in [0.15, 0.2) is 0 Å². The van der Waals surface area contributed by atoms with Crippen LogP contribution in [0.3, 0.4) is 0 Å². The van der Waals surface area contributed by atoms with E-state index in [1.54, 1.807) is 14.2 Å². The molecule has 2 N–H and O–H groups in total. The normalized spacial score (nSPS) is 10.1. The number of rotatable bonds is 5. The van der Waals surface area contributed by atoms with Crippen molar-refractivity contribution in [3.63, 3.8) is 0 Å². The van der Waals surface area contributed by atoms with Gasteiger partial charge in [-0.25, -0.2) is 0 Å². The van der Waals surface area contributed by atoms with Crippen molar-refractivity contribution in [1.82, 2.24) is 0 Å². The fourth-order valence-electron chi connectivity index (χ4n) is 1.41. The molecule has 15 heavy (non-hydrogen) atoms. The molecule has 3 nitrogen and oxygen atoms in total. The summed E-state index contributed by atoms with van der Waals surface area (Å²) in [4.78, 5) is 0. The molecular weight excluding hydrogens is 258 g/mol. The van der Waals surface area contributed by atoms with Crippen molar-refractivity contribution in [1.29, 1.82) is 0 Å². The molecule has 0 heterocycles. The summed E-state index contributed by atoms with van der Waals surface area (Å²) in [5.41, 5.74) is 6.61. The van der Waals surface area contributed by atoms with Gasteiger partial charge in [0.1, 0.15) is 11.5 Å². The minimum absolute atomic E-state index is 0.682. The monoisotopic (exact) mass is 273 g/mol. The van der Waals surface area contributed by atoms with Gasteiger partial charge in [-0.3, -0.25) is 0 Å². The number of methoxy groups -OCH3 is 2. The average molecular weight is 274 g/mol. The molecule has 0 aliphatic carbocycles. The lowest BCUT2D eigenvalue weighted by atomic mass is 10.1. The SMILES string of the molecule is COc1cc(CCCN)c(OC)cc1Br. The molecule has 0 saturated carbocycles. The molecule has 1 aromatic rings. The van der Waals surface area contributed by atoms with Crippen molar-refractivity contribution in [2.24, 2.45) is 5.73 Å². The van der Waals surface area contributed by atoms with Crippen LogP contribution in [0, 0.1) is 0 Å². The van der Waals surface area contributed by atoms with Gasteiger partial charge in [0.2, 0.25) is 0 Å². The van der Waals surface area contributed by atoms with E-state index in [4.69, 9.17) is 15.2 Å². The third-order valence-corrected chi connectivity index (χ3v) is 2.82. The molecule has 0 saturated heterocycles. The Labute approximate surface area is 98.7 Å². The number of benzene rings is 1. The predicted octanol–water partition coefficient (Wildman–Crippen LogP) is 2.36. The molecular formula is C11H16BrNO2. The first-order valence-electron chi connectivity index (χ1n) is 4.83. The van der Waals surface area contributed by atoms with Crippen LogP contribution in [-0.2, 0) is 6.42 Å². The Balaban J connectivity index is 2.99. The fraction of sp³-hybridized carbons (Fsp3) is 0.455. The van der Waals surface area contributed by atoms with Crippen molar-refractivity contribution >= 4 is 15.9 Å². The Morgan fingerprint density at radius 1 is 1.20 bits per heavy atom. The van der Waals surface area contributed by atoms with Gasteiger partial charge in [0.05, 0.1) is 18.7 Å². The molecule has 84 valence electrons. The first-order chi connectivity index (χ1) is 7.22. The Morgan fingerprint density at radius 2 is 1.87 bits per heavy atom. The molecule has 0 aliphatic rings. The van der Waals surface area contributed by atoms with Gasteiger partial charge in [0, 0.05) is 0 Å². The van der Waals surface area contributed by atoms with Crippen LogP contribution in [0.4, 0.5) is 0 Å². The van der Waals surface area contributed by atoms with Crippen LogP contribution < -0.4 is 15.2 Å². The molecule has 0 unspecified atom stereocenters. The van der Waals surface area contributed by atoms with E-state index in [2.05, 4.69) is 15.9 Å². The van der Waals surface area contributed by atoms with E-state index < -0.39 is 0 Å². The Kier molecular flexibility index (Phi) is 4.91. The highest BCUT2D eigenvalue weighted by atomic mass is 79.9. The predicted molar refractivity (Wildman–Crippen MR) is 64.6 cm³/mol. The zero-order valence-electron chi connectivity index (χ0n) is 9.05. The van der Waals surface area contributed by atoms with Crippen LogP contribution in [0.2, 0.25) is 0 Å². The third kappa shape index (κ3) is 3.11. The summed E-state index contributed by atoms with van der Waals surface area (Å²) in [5, 5.41) is 0. The van der Waals surface area contributed by atoms with Gasteiger partial charge in [-0.15, -0.1) is 0 Å². The summed E-state index contributed by atoms with van der Waals surface area (Å²) in [6.45, 7) is 0.682. The lowest BCUT2D eigenvalue weighted by Crippen LogP contribution is -2.02. The number of nitrogens with two attached hydrogens (primary N) is 1. The summed E-state index contributed by atoms with van der Waals surface area (Å²) in [7, 11) is 3.32. The van der Waals surface area contributed by atoms with Crippen molar-refractivity contribution in [3.05, 3.63) is 22.2 Å². The van der Waals surface area contributed by atoms with Crippen molar-refractivity contribution in [2.75, 3.05) is 20.8 Å². The number of ether oxygens (including phenoxy) is 2. The fourth-order valence-corrected chi connectivity index (χ4v) is 1.90. The second-order valence-corrected chi connectivity index (χ2v) is 4.05. The van der Waals surface area contributed by atoms with Crippen molar-refractivity contribution < 1.29 is 9.47 Å². The quantitative estimate of drug-likeness (QED) is 0.896. The standard InChI is InChI=1S/C11H16BrNO2/c1-14-10-7-9(12)11(15-2)6-8(10)4-3-5-13/h6-7H,3-5,13H2,1-2H3. The largest absolute Gasteiger partial charge is 0.496 e. The Hall–Kier alpha value is -0.740. The van der Waals surface area contributed by atoms with Crippen molar-refractivity contribution in [2.45, 2.75) is 12.8 Å². The highest BCUT2D eigenvalue weighted by Crippen LogP contribution is 2.33. The lowest BCUT2D eigenvalue weighted by molar-refractivity contribution is 0.396. The second-order valence-electron chi connectivity index (χ2n) is 3.19. The van der Waals surface area contributed by atoms with E-state index in [0.29, 0.717) is 6.54 Å². The molecule has 1 aromatic carbocycles. The molecule has 0 amide bonds. The van der Waals surface area contributed by atoms with E-state index in [1.165, 1.54) is 0 Å². The summed E-state index contributed by atoms with van der Waals surface area (Å²) < 4.78 is 11.4. The van der Waals surface area contributed by atoms with Gasteiger partial charge in [-0.1, -0.05) is 0 Å². The van der Waals surface area contributed by atoms with Crippen LogP contribution in [0.25, 0.3) is 0 Å².